The van der Waals surface area contributed by atoms with Crippen molar-refractivity contribution in [3.63, 3.8) is 0 Å². The summed E-state index contributed by atoms with van der Waals surface area (Å²) in [6.45, 7) is 19.4. The number of aliphatic hydroxyl groups is 1. The third-order valence-electron chi connectivity index (χ3n) is 4.13. The van der Waals surface area contributed by atoms with Gasteiger partial charge in [0.15, 0.2) is 11.5 Å². The van der Waals surface area contributed by atoms with Gasteiger partial charge in [0.2, 0.25) is 5.75 Å². The zero-order chi connectivity index (χ0) is 26.1. The van der Waals surface area contributed by atoms with Gasteiger partial charge in [-0.15, -0.1) is 0 Å². The number of allylic oxidation sites excluding steroid dienone is 4. The Labute approximate surface area is 195 Å². The molecule has 0 heterocycles. The van der Waals surface area contributed by atoms with Crippen molar-refractivity contribution in [2.45, 2.75) is 69.2 Å². The molecule has 0 saturated carbocycles. The number of aliphatic hydroxyl groups excluding tert-OH is 1. The number of hydrogen-bond acceptors (Lipinski definition) is 6. The molecule has 1 aromatic carbocycles. The molecule has 0 fully saturated rings. The second kappa shape index (κ2) is 17.9. The van der Waals surface area contributed by atoms with E-state index in [1.165, 1.54) is 21.1 Å². The Kier molecular flexibility index (Phi) is 18.9. The quantitative estimate of drug-likeness (QED) is 0.236. The maximum Gasteiger partial charge on any atom is 0.308 e. The first kappa shape index (κ1) is 33.8. The molecule has 1 N–H and O–H groups in total. The molecule has 0 aliphatic carbocycles. The number of benzene rings is 1. The summed E-state index contributed by atoms with van der Waals surface area (Å²) in [5.41, 5.74) is 3.08. The van der Waals surface area contributed by atoms with Crippen LogP contribution in [0.5, 0.6) is 17.2 Å². The Bertz CT molecular complexity index is 794. The fourth-order valence-corrected chi connectivity index (χ4v) is 2.22. The predicted molar refractivity (Wildman–Crippen MR) is 133 cm³/mol. The van der Waals surface area contributed by atoms with Gasteiger partial charge in [-0.05, 0) is 42.5 Å². The Morgan fingerprint density at radius 1 is 0.969 bits per heavy atom. The first-order chi connectivity index (χ1) is 15.0. The van der Waals surface area contributed by atoms with Crippen molar-refractivity contribution in [3.8, 4) is 23.3 Å². The van der Waals surface area contributed by atoms with Crippen molar-refractivity contribution in [2.24, 2.45) is 5.41 Å². The molecule has 0 aliphatic heterocycles. The molecular formula is C26H43NO5. The minimum atomic E-state index is -0.466. The van der Waals surface area contributed by atoms with Crippen LogP contribution in [-0.2, 0) is 4.79 Å². The van der Waals surface area contributed by atoms with Gasteiger partial charge < -0.3 is 19.3 Å². The highest BCUT2D eigenvalue weighted by Gasteiger charge is 2.19. The molecule has 0 saturated heterocycles. The lowest BCUT2D eigenvalue weighted by atomic mass is 9.85. The van der Waals surface area contributed by atoms with E-state index in [9.17, 15) is 10.1 Å². The average molecular weight is 450 g/mol. The van der Waals surface area contributed by atoms with Crippen molar-refractivity contribution in [1.82, 2.24) is 0 Å². The van der Waals surface area contributed by atoms with Crippen LogP contribution in [0.1, 0.15) is 74.8 Å². The standard InChI is InChI=1S/C21H27NO4.2C2H6.CH4O/c1-13(12-22)17(9-14(2)21(4,5)6)16-10-18(24-7)20(25-8)19(11-16)26-15(3)23;3*1-2/h9-11H,1-8H3;2*1-2H3;2H,1H3/b14-9+,17-13-;;;. The molecule has 1 aromatic rings. The van der Waals surface area contributed by atoms with Crippen molar-refractivity contribution in [1.29, 1.82) is 5.26 Å². The Morgan fingerprint density at radius 3 is 1.78 bits per heavy atom. The highest BCUT2D eigenvalue weighted by atomic mass is 16.6. The van der Waals surface area contributed by atoms with E-state index < -0.39 is 5.97 Å². The summed E-state index contributed by atoms with van der Waals surface area (Å²) in [4.78, 5) is 11.5. The van der Waals surface area contributed by atoms with Gasteiger partial charge in [0.25, 0.3) is 0 Å². The zero-order valence-corrected chi connectivity index (χ0v) is 22.3. The Hall–Kier alpha value is -2.78. The summed E-state index contributed by atoms with van der Waals surface area (Å²) in [7, 11) is 3.99. The predicted octanol–water partition coefficient (Wildman–Crippen LogP) is 6.58. The Balaban J connectivity index is -0.00000129. The van der Waals surface area contributed by atoms with Crippen molar-refractivity contribution < 1.29 is 24.1 Å². The molecule has 0 unspecified atom stereocenters. The lowest BCUT2D eigenvalue weighted by Gasteiger charge is -2.21. The summed E-state index contributed by atoms with van der Waals surface area (Å²) in [6, 6.07) is 5.66. The van der Waals surface area contributed by atoms with Gasteiger partial charge in [-0.25, -0.2) is 0 Å². The maximum atomic E-state index is 11.5. The van der Waals surface area contributed by atoms with Gasteiger partial charge in [0.05, 0.1) is 20.3 Å². The van der Waals surface area contributed by atoms with Gasteiger partial charge >= 0.3 is 5.97 Å². The lowest BCUT2D eigenvalue weighted by Crippen LogP contribution is -2.07. The van der Waals surface area contributed by atoms with Crippen LogP contribution in [0.4, 0.5) is 0 Å². The minimum Gasteiger partial charge on any atom is -0.493 e. The second-order valence-corrected chi connectivity index (χ2v) is 7.03. The molecular weight excluding hydrogens is 406 g/mol. The zero-order valence-electron chi connectivity index (χ0n) is 22.3. The summed E-state index contributed by atoms with van der Waals surface area (Å²) < 4.78 is 16.0. The lowest BCUT2D eigenvalue weighted by molar-refractivity contribution is -0.132. The van der Waals surface area contributed by atoms with Gasteiger partial charge in [0.1, 0.15) is 0 Å². The molecule has 0 aliphatic rings. The van der Waals surface area contributed by atoms with Crippen LogP contribution in [-0.4, -0.2) is 32.4 Å². The fourth-order valence-electron chi connectivity index (χ4n) is 2.22. The SMILES string of the molecule is CC.CC.CO.COc1cc(C(/C=C(\C)C(C)(C)C)=C(/C)C#N)cc(OC(C)=O)c1OC. The first-order valence-electron chi connectivity index (χ1n) is 10.7. The Morgan fingerprint density at radius 2 is 1.44 bits per heavy atom. The third-order valence-corrected chi connectivity index (χ3v) is 4.13. The number of nitrogens with zero attached hydrogens (tertiary/aromatic N) is 1. The highest BCUT2D eigenvalue weighted by molar-refractivity contribution is 5.82. The van der Waals surface area contributed by atoms with Gasteiger partial charge in [0, 0.05) is 19.6 Å². The number of esters is 1. The van der Waals surface area contributed by atoms with E-state index in [0.29, 0.717) is 22.6 Å². The summed E-state index contributed by atoms with van der Waals surface area (Å²) in [6.07, 6.45) is 1.98. The molecule has 0 bridgehead atoms. The van der Waals surface area contributed by atoms with Crippen molar-refractivity contribution in [3.05, 3.63) is 34.9 Å². The number of methoxy groups -OCH3 is 2. The molecule has 0 aromatic heterocycles. The van der Waals surface area contributed by atoms with Crippen LogP contribution >= 0.6 is 0 Å². The number of nitriles is 1. The average Bonchev–Trinajstić information content (AvgIpc) is 2.79. The van der Waals surface area contributed by atoms with Gasteiger partial charge in [-0.2, -0.15) is 5.26 Å². The first-order valence-corrected chi connectivity index (χ1v) is 10.7. The fraction of sp³-hybridized carbons (Fsp3) is 0.538. The van der Waals surface area contributed by atoms with Crippen LogP contribution in [0.2, 0.25) is 0 Å². The van der Waals surface area contributed by atoms with Crippen LogP contribution in [0, 0.1) is 16.7 Å². The summed E-state index contributed by atoms with van der Waals surface area (Å²) >= 11 is 0. The molecule has 0 radical (unpaired) electrons. The molecule has 0 amide bonds. The van der Waals surface area contributed by atoms with Gasteiger partial charge in [-0.3, -0.25) is 4.79 Å². The molecule has 32 heavy (non-hydrogen) atoms. The number of rotatable bonds is 5. The smallest absolute Gasteiger partial charge is 0.308 e. The van der Waals surface area contributed by atoms with E-state index in [1.807, 2.05) is 40.7 Å². The molecule has 0 spiro atoms. The van der Waals surface area contributed by atoms with Crippen LogP contribution in [0.25, 0.3) is 5.57 Å². The van der Waals surface area contributed by atoms with Crippen LogP contribution in [0.15, 0.2) is 29.4 Å². The van der Waals surface area contributed by atoms with E-state index in [2.05, 4.69) is 26.8 Å². The summed E-state index contributed by atoms with van der Waals surface area (Å²) in [5, 5.41) is 16.4. The molecule has 0 atom stereocenters. The molecule has 6 heteroatoms. The van der Waals surface area contributed by atoms with Crippen molar-refractivity contribution in [2.75, 3.05) is 21.3 Å². The highest BCUT2D eigenvalue weighted by Crippen LogP contribution is 2.41. The van der Waals surface area contributed by atoms with Crippen LogP contribution in [0.3, 0.4) is 0 Å². The van der Waals surface area contributed by atoms with Crippen molar-refractivity contribution >= 4 is 11.5 Å². The third kappa shape index (κ3) is 11.0. The number of carbonyl (C=O) groups excluding carboxylic acids is 1. The number of ether oxygens (including phenoxy) is 3. The van der Waals surface area contributed by atoms with E-state index in [4.69, 9.17) is 19.3 Å². The van der Waals surface area contributed by atoms with Crippen LogP contribution < -0.4 is 14.2 Å². The molecule has 1 rings (SSSR count). The minimum absolute atomic E-state index is 0.0454. The van der Waals surface area contributed by atoms with E-state index in [1.54, 1.807) is 19.1 Å². The second-order valence-electron chi connectivity index (χ2n) is 7.03. The van der Waals surface area contributed by atoms with Gasteiger partial charge in [-0.1, -0.05) is 60.1 Å². The van der Waals surface area contributed by atoms with E-state index in [-0.39, 0.29) is 11.2 Å². The summed E-state index contributed by atoms with van der Waals surface area (Å²) in [5.74, 6) is 0.536. The molecule has 6 nitrogen and oxygen atoms in total. The number of hydrogen-bond donors (Lipinski definition) is 1. The normalized spacial score (nSPS) is 11.0. The molecule has 182 valence electrons. The largest absolute Gasteiger partial charge is 0.493 e. The maximum absolute atomic E-state index is 11.5. The monoisotopic (exact) mass is 449 g/mol. The topological polar surface area (TPSA) is 88.8 Å². The van der Waals surface area contributed by atoms with E-state index in [0.717, 1.165) is 18.3 Å². The van der Waals surface area contributed by atoms with E-state index >= 15 is 0 Å². The number of carbonyl (C=O) groups is 1.